The summed E-state index contributed by atoms with van der Waals surface area (Å²) < 4.78 is 0. The molecule has 14 heavy (non-hydrogen) atoms. The van der Waals surface area contributed by atoms with Crippen molar-refractivity contribution in [1.82, 2.24) is 0 Å². The first-order valence-corrected chi connectivity index (χ1v) is 5.29. The van der Waals surface area contributed by atoms with Gasteiger partial charge in [-0.05, 0) is 24.1 Å². The van der Waals surface area contributed by atoms with Crippen molar-refractivity contribution >= 4 is 23.2 Å². The van der Waals surface area contributed by atoms with E-state index in [0.29, 0.717) is 16.0 Å². The van der Waals surface area contributed by atoms with Crippen LogP contribution < -0.4 is 0 Å². The van der Waals surface area contributed by atoms with Gasteiger partial charge in [0.05, 0.1) is 10.0 Å². The molecule has 0 aliphatic carbocycles. The fourth-order valence-electron chi connectivity index (χ4n) is 0.931. The van der Waals surface area contributed by atoms with Crippen molar-refractivity contribution in [2.75, 3.05) is 0 Å². The molecule has 0 spiro atoms. The van der Waals surface area contributed by atoms with Gasteiger partial charge in [-0.15, -0.1) is 0 Å². The number of halogens is 2. The topological polar surface area (TPSA) is 0 Å². The van der Waals surface area contributed by atoms with E-state index < -0.39 is 0 Å². The van der Waals surface area contributed by atoms with Gasteiger partial charge in [0.25, 0.3) is 0 Å². The molecule has 0 N–H and O–H groups in total. The molecule has 0 atom stereocenters. The Hall–Kier alpha value is -0.640. The zero-order chi connectivity index (χ0) is 10.6. The Labute approximate surface area is 95.2 Å². The van der Waals surface area contributed by atoms with Crippen molar-refractivity contribution < 1.29 is 0 Å². The van der Waals surface area contributed by atoms with Crippen LogP contribution >= 0.6 is 23.2 Å². The van der Waals surface area contributed by atoms with Gasteiger partial charge in [-0.25, -0.2) is 0 Å². The van der Waals surface area contributed by atoms with Crippen molar-refractivity contribution in [3.8, 4) is 11.8 Å². The van der Waals surface area contributed by atoms with Gasteiger partial charge >= 0.3 is 0 Å². The highest BCUT2D eigenvalue weighted by Gasteiger charge is 1.96. The predicted octanol–water partition coefficient (Wildman–Crippen LogP) is 4.39. The molecule has 74 valence electrons. The van der Waals surface area contributed by atoms with E-state index >= 15 is 0 Å². The molecule has 0 radical (unpaired) electrons. The lowest BCUT2D eigenvalue weighted by Crippen LogP contribution is -1.82. The van der Waals surface area contributed by atoms with Gasteiger partial charge in [-0.1, -0.05) is 48.9 Å². The molecular weight excluding hydrogens is 215 g/mol. The van der Waals surface area contributed by atoms with Crippen LogP contribution in [0.25, 0.3) is 0 Å². The fourth-order valence-corrected chi connectivity index (χ4v) is 1.23. The van der Waals surface area contributed by atoms with E-state index in [4.69, 9.17) is 23.2 Å². The second-order valence-electron chi connectivity index (χ2n) is 3.53. The van der Waals surface area contributed by atoms with Gasteiger partial charge in [-0.3, -0.25) is 0 Å². The standard InChI is InChI=1S/C12H12Cl2/c1-9(2)4-3-5-10-6-7-11(13)12(14)8-10/h6-9H,4H2,1-2H3. The second-order valence-corrected chi connectivity index (χ2v) is 4.34. The lowest BCUT2D eigenvalue weighted by Gasteiger charge is -1.96. The Bertz CT molecular complexity index is 370. The normalized spacial score (nSPS) is 9.79. The van der Waals surface area contributed by atoms with E-state index in [9.17, 15) is 0 Å². The van der Waals surface area contributed by atoms with Crippen LogP contribution in [-0.4, -0.2) is 0 Å². The van der Waals surface area contributed by atoms with Gasteiger partial charge < -0.3 is 0 Å². The van der Waals surface area contributed by atoms with Crippen LogP contribution in [0.2, 0.25) is 10.0 Å². The third-order valence-electron chi connectivity index (χ3n) is 1.66. The Morgan fingerprint density at radius 3 is 2.50 bits per heavy atom. The average Bonchev–Trinajstić information content (AvgIpc) is 2.10. The number of hydrogen-bond acceptors (Lipinski definition) is 0. The molecule has 0 saturated heterocycles. The highest BCUT2D eigenvalue weighted by molar-refractivity contribution is 6.42. The monoisotopic (exact) mass is 226 g/mol. The quantitative estimate of drug-likeness (QED) is 0.624. The third kappa shape index (κ3) is 3.62. The summed E-state index contributed by atoms with van der Waals surface area (Å²) in [5, 5.41) is 1.13. The van der Waals surface area contributed by atoms with Gasteiger partial charge in [0.2, 0.25) is 0 Å². The summed E-state index contributed by atoms with van der Waals surface area (Å²) in [5.41, 5.74) is 0.917. The molecule has 1 rings (SSSR count). The smallest absolute Gasteiger partial charge is 0.0604 e. The number of benzene rings is 1. The van der Waals surface area contributed by atoms with E-state index in [1.165, 1.54) is 0 Å². The Morgan fingerprint density at radius 1 is 1.21 bits per heavy atom. The molecule has 0 saturated carbocycles. The minimum Gasteiger partial charge on any atom is -0.0976 e. The molecule has 0 unspecified atom stereocenters. The molecule has 0 bridgehead atoms. The van der Waals surface area contributed by atoms with Crippen molar-refractivity contribution in [3.63, 3.8) is 0 Å². The van der Waals surface area contributed by atoms with Crippen molar-refractivity contribution in [3.05, 3.63) is 33.8 Å². The van der Waals surface area contributed by atoms with Crippen LogP contribution in [0.4, 0.5) is 0 Å². The van der Waals surface area contributed by atoms with Gasteiger partial charge in [-0.2, -0.15) is 0 Å². The van der Waals surface area contributed by atoms with Crippen LogP contribution in [-0.2, 0) is 0 Å². The summed E-state index contributed by atoms with van der Waals surface area (Å²) in [6, 6.07) is 5.43. The first-order chi connectivity index (χ1) is 6.59. The number of hydrogen-bond donors (Lipinski definition) is 0. The zero-order valence-electron chi connectivity index (χ0n) is 8.27. The summed E-state index contributed by atoms with van der Waals surface area (Å²) in [5.74, 6) is 6.75. The molecule has 0 heterocycles. The Morgan fingerprint density at radius 2 is 1.93 bits per heavy atom. The van der Waals surface area contributed by atoms with E-state index in [-0.39, 0.29) is 0 Å². The first-order valence-electron chi connectivity index (χ1n) is 4.53. The highest BCUT2D eigenvalue weighted by atomic mass is 35.5. The lowest BCUT2D eigenvalue weighted by atomic mass is 10.1. The minimum atomic E-state index is 0.558. The van der Waals surface area contributed by atoms with E-state index in [1.54, 1.807) is 12.1 Å². The number of rotatable bonds is 1. The molecule has 0 aliphatic rings. The summed E-state index contributed by atoms with van der Waals surface area (Å²) in [7, 11) is 0. The van der Waals surface area contributed by atoms with Crippen LogP contribution in [0.3, 0.4) is 0 Å². The molecule has 0 nitrogen and oxygen atoms in total. The van der Waals surface area contributed by atoms with E-state index in [2.05, 4.69) is 25.7 Å². The maximum absolute atomic E-state index is 5.86. The van der Waals surface area contributed by atoms with E-state index in [0.717, 1.165) is 12.0 Å². The second kappa shape index (κ2) is 5.29. The van der Waals surface area contributed by atoms with Crippen LogP contribution in [0, 0.1) is 17.8 Å². The molecule has 1 aromatic carbocycles. The summed E-state index contributed by atoms with van der Waals surface area (Å²) >= 11 is 11.6. The summed E-state index contributed by atoms with van der Waals surface area (Å²) in [4.78, 5) is 0. The molecule has 0 aromatic heterocycles. The molecule has 0 aliphatic heterocycles. The van der Waals surface area contributed by atoms with Gasteiger partial charge in [0.15, 0.2) is 0 Å². The molecular formula is C12H12Cl2. The van der Waals surface area contributed by atoms with Crippen molar-refractivity contribution in [2.45, 2.75) is 20.3 Å². The molecule has 1 aromatic rings. The molecule has 2 heteroatoms. The summed E-state index contributed by atoms with van der Waals surface area (Å²) in [6.45, 7) is 4.28. The fraction of sp³-hybridized carbons (Fsp3) is 0.333. The Balaban J connectivity index is 2.76. The largest absolute Gasteiger partial charge is 0.0976 e. The third-order valence-corrected chi connectivity index (χ3v) is 2.40. The van der Waals surface area contributed by atoms with Gasteiger partial charge in [0.1, 0.15) is 0 Å². The maximum atomic E-state index is 5.86. The van der Waals surface area contributed by atoms with Gasteiger partial charge in [0, 0.05) is 12.0 Å². The average molecular weight is 227 g/mol. The van der Waals surface area contributed by atoms with Crippen molar-refractivity contribution in [1.29, 1.82) is 0 Å². The van der Waals surface area contributed by atoms with Crippen LogP contribution in [0.5, 0.6) is 0 Å². The first kappa shape index (κ1) is 11.4. The van der Waals surface area contributed by atoms with Crippen molar-refractivity contribution in [2.24, 2.45) is 5.92 Å². The van der Waals surface area contributed by atoms with E-state index in [1.807, 2.05) is 6.07 Å². The Kier molecular flexibility index (Phi) is 4.32. The van der Waals surface area contributed by atoms with Crippen LogP contribution in [0.15, 0.2) is 18.2 Å². The SMILES string of the molecule is CC(C)CC#Cc1ccc(Cl)c(Cl)c1. The predicted molar refractivity (Wildman–Crippen MR) is 62.8 cm³/mol. The van der Waals surface area contributed by atoms with Crippen LogP contribution in [0.1, 0.15) is 25.8 Å². The summed E-state index contributed by atoms with van der Waals surface area (Å²) in [6.07, 6.45) is 0.903. The molecule has 0 fully saturated rings. The lowest BCUT2D eigenvalue weighted by molar-refractivity contribution is 0.676. The maximum Gasteiger partial charge on any atom is 0.0604 e. The zero-order valence-corrected chi connectivity index (χ0v) is 9.78. The highest BCUT2D eigenvalue weighted by Crippen LogP contribution is 2.22. The minimum absolute atomic E-state index is 0.558. The molecule has 0 amide bonds.